The summed E-state index contributed by atoms with van der Waals surface area (Å²) in [5.41, 5.74) is 10.3. The molecule has 2 aromatic heterocycles. The number of carbonyl (C=O) groups is 1. The van der Waals surface area contributed by atoms with Gasteiger partial charge in [0.2, 0.25) is 0 Å². The number of para-hydroxylation sites is 1. The molecule has 4 aromatic rings. The molecular weight excluding hydrogens is 336 g/mol. The Kier molecular flexibility index (Phi) is 4.58. The largest absolute Gasteiger partial charge is 0.382 e. The topological polar surface area (TPSA) is 83.8 Å². The number of aromatic nitrogens is 2. The van der Waals surface area contributed by atoms with E-state index in [4.69, 9.17) is 5.73 Å². The first kappa shape index (κ1) is 16.8. The Bertz CT molecular complexity index is 1070. The van der Waals surface area contributed by atoms with Gasteiger partial charge >= 0.3 is 0 Å². The fraction of sp³-hybridized carbons (Fsp3) is 0.0909. The molecule has 0 aliphatic rings. The molecule has 0 saturated heterocycles. The molecule has 0 bridgehead atoms. The summed E-state index contributed by atoms with van der Waals surface area (Å²) in [5, 5.41) is 4.33. The lowest BCUT2D eigenvalue weighted by Gasteiger charge is -2.09. The highest BCUT2D eigenvalue weighted by Crippen LogP contribution is 2.18. The summed E-state index contributed by atoms with van der Waals surface area (Å²) in [7, 11) is 0. The van der Waals surface area contributed by atoms with Crippen LogP contribution in [0.5, 0.6) is 0 Å². The molecule has 2 heterocycles. The summed E-state index contributed by atoms with van der Waals surface area (Å²) < 4.78 is 0. The number of H-pyrrole nitrogens is 1. The molecule has 0 fully saturated rings. The Hall–Kier alpha value is -3.60. The summed E-state index contributed by atoms with van der Waals surface area (Å²) in [5.74, 6) is 0.551. The van der Waals surface area contributed by atoms with Crippen molar-refractivity contribution in [1.29, 1.82) is 0 Å². The maximum absolute atomic E-state index is 12.6. The second kappa shape index (κ2) is 7.33. The molecule has 0 atom stereocenters. The van der Waals surface area contributed by atoms with E-state index < -0.39 is 0 Å². The van der Waals surface area contributed by atoms with Crippen molar-refractivity contribution in [2.75, 3.05) is 11.1 Å². The number of nitrogen functional groups attached to an aromatic ring is 1. The van der Waals surface area contributed by atoms with Gasteiger partial charge in [-0.25, -0.2) is 4.98 Å². The van der Waals surface area contributed by atoms with E-state index in [9.17, 15) is 4.79 Å². The quantitative estimate of drug-likeness (QED) is 0.453. The number of aromatic amines is 1. The molecule has 0 radical (unpaired) electrons. The zero-order valence-corrected chi connectivity index (χ0v) is 14.8. The van der Waals surface area contributed by atoms with Gasteiger partial charge in [0.15, 0.2) is 5.78 Å². The number of pyridine rings is 1. The number of rotatable bonds is 6. The number of ketones is 1. The molecule has 27 heavy (non-hydrogen) atoms. The normalized spacial score (nSPS) is 10.8. The van der Waals surface area contributed by atoms with E-state index in [1.807, 2.05) is 66.7 Å². The number of hydrogen-bond donors (Lipinski definition) is 3. The van der Waals surface area contributed by atoms with Gasteiger partial charge in [-0.05, 0) is 35.4 Å². The van der Waals surface area contributed by atoms with Crippen LogP contribution in [0.15, 0.2) is 72.9 Å². The second-order valence-electron chi connectivity index (χ2n) is 6.48. The summed E-state index contributed by atoms with van der Waals surface area (Å²) in [6.45, 7) is 0.615. The third-order valence-electron chi connectivity index (χ3n) is 4.51. The van der Waals surface area contributed by atoms with Gasteiger partial charge in [-0.1, -0.05) is 42.5 Å². The van der Waals surface area contributed by atoms with Gasteiger partial charge in [-0.2, -0.15) is 0 Å². The molecule has 0 amide bonds. The highest BCUT2D eigenvalue weighted by molar-refractivity contribution is 6.00. The van der Waals surface area contributed by atoms with Crippen molar-refractivity contribution in [2.24, 2.45) is 0 Å². The molecular formula is C22H20N4O. The number of Topliss-reactive ketones (excluding diaryl/α,β-unsaturated/α-hetero) is 1. The molecule has 5 heteroatoms. The van der Waals surface area contributed by atoms with Crippen molar-refractivity contribution in [1.82, 2.24) is 9.97 Å². The lowest BCUT2D eigenvalue weighted by molar-refractivity contribution is 0.0989. The lowest BCUT2D eigenvalue weighted by Crippen LogP contribution is -2.06. The van der Waals surface area contributed by atoms with Gasteiger partial charge in [0, 0.05) is 30.1 Å². The molecule has 5 nitrogen and oxygen atoms in total. The van der Waals surface area contributed by atoms with Gasteiger partial charge in [0.25, 0.3) is 0 Å². The molecule has 4 rings (SSSR count). The maximum Gasteiger partial charge on any atom is 0.183 e. The Morgan fingerprint density at radius 1 is 1.00 bits per heavy atom. The van der Waals surface area contributed by atoms with Crippen LogP contribution in [-0.2, 0) is 13.0 Å². The Morgan fingerprint density at radius 3 is 2.70 bits per heavy atom. The van der Waals surface area contributed by atoms with Gasteiger partial charge in [-0.15, -0.1) is 0 Å². The molecule has 0 saturated carbocycles. The van der Waals surface area contributed by atoms with Crippen LogP contribution in [0, 0.1) is 0 Å². The summed E-state index contributed by atoms with van der Waals surface area (Å²) in [6, 6.07) is 21.6. The number of benzene rings is 2. The Balaban J connectivity index is 1.45. The zero-order chi connectivity index (χ0) is 18.6. The van der Waals surface area contributed by atoms with Crippen LogP contribution in [0.25, 0.3) is 10.9 Å². The Labute approximate surface area is 157 Å². The predicted octanol–water partition coefficient (Wildman–Crippen LogP) is 4.18. The molecule has 0 spiro atoms. The number of anilines is 2. The standard InChI is InChI=1S/C22H20N4O/c23-22-19(9-4-10-24-22)25-14-16-6-3-5-15(11-16)12-21(27)20-13-17-7-1-2-8-18(17)26-20/h1-11,13,25-26H,12,14H2,(H2,23,24). The predicted molar refractivity (Wildman–Crippen MR) is 109 cm³/mol. The fourth-order valence-corrected chi connectivity index (χ4v) is 3.12. The second-order valence-corrected chi connectivity index (χ2v) is 6.48. The maximum atomic E-state index is 12.6. The van der Waals surface area contributed by atoms with Crippen LogP contribution in [0.4, 0.5) is 11.5 Å². The lowest BCUT2D eigenvalue weighted by atomic mass is 10.0. The molecule has 4 N–H and O–H groups in total. The fourth-order valence-electron chi connectivity index (χ4n) is 3.12. The first-order chi connectivity index (χ1) is 13.2. The van der Waals surface area contributed by atoms with Crippen LogP contribution >= 0.6 is 0 Å². The van der Waals surface area contributed by atoms with Crippen molar-refractivity contribution in [2.45, 2.75) is 13.0 Å². The van der Waals surface area contributed by atoms with Gasteiger partial charge in [0.05, 0.1) is 11.4 Å². The molecule has 0 aliphatic carbocycles. The van der Waals surface area contributed by atoms with Crippen LogP contribution in [0.1, 0.15) is 21.6 Å². The SMILES string of the molecule is Nc1ncccc1NCc1cccc(CC(=O)c2cc3ccccc3[nH]2)c1. The minimum absolute atomic E-state index is 0.0767. The third-order valence-corrected chi connectivity index (χ3v) is 4.51. The van der Waals surface area contributed by atoms with E-state index in [0.29, 0.717) is 24.5 Å². The van der Waals surface area contributed by atoms with Crippen molar-refractivity contribution >= 4 is 28.2 Å². The van der Waals surface area contributed by atoms with Gasteiger partial charge in [0.1, 0.15) is 5.82 Å². The van der Waals surface area contributed by atoms with Crippen molar-refractivity contribution < 1.29 is 4.79 Å². The average molecular weight is 356 g/mol. The first-order valence-corrected chi connectivity index (χ1v) is 8.82. The van der Waals surface area contributed by atoms with E-state index >= 15 is 0 Å². The number of nitrogens with two attached hydrogens (primary N) is 1. The first-order valence-electron chi connectivity index (χ1n) is 8.82. The summed E-state index contributed by atoms with van der Waals surface area (Å²) in [4.78, 5) is 19.9. The number of hydrogen-bond acceptors (Lipinski definition) is 4. The van der Waals surface area contributed by atoms with Crippen molar-refractivity contribution in [3.8, 4) is 0 Å². The minimum atomic E-state index is 0.0767. The third kappa shape index (κ3) is 3.82. The molecule has 134 valence electrons. The number of nitrogens with zero attached hydrogens (tertiary/aromatic N) is 1. The van der Waals surface area contributed by atoms with Crippen molar-refractivity contribution in [3.63, 3.8) is 0 Å². The summed E-state index contributed by atoms with van der Waals surface area (Å²) >= 11 is 0. The smallest absolute Gasteiger partial charge is 0.183 e. The van der Waals surface area contributed by atoms with Crippen LogP contribution in [0.3, 0.4) is 0 Å². The molecule has 0 unspecified atom stereocenters. The molecule has 0 aliphatic heterocycles. The van der Waals surface area contributed by atoms with E-state index in [-0.39, 0.29) is 5.78 Å². The number of fused-ring (bicyclic) bond motifs is 1. The van der Waals surface area contributed by atoms with Gasteiger partial charge in [-0.3, -0.25) is 4.79 Å². The molecule has 2 aromatic carbocycles. The highest BCUT2D eigenvalue weighted by Gasteiger charge is 2.11. The van der Waals surface area contributed by atoms with Crippen LogP contribution < -0.4 is 11.1 Å². The van der Waals surface area contributed by atoms with E-state index in [0.717, 1.165) is 27.7 Å². The summed E-state index contributed by atoms with van der Waals surface area (Å²) in [6.07, 6.45) is 2.02. The van der Waals surface area contributed by atoms with Gasteiger partial charge < -0.3 is 16.0 Å². The van der Waals surface area contributed by atoms with E-state index in [1.165, 1.54) is 0 Å². The highest BCUT2D eigenvalue weighted by atomic mass is 16.1. The van der Waals surface area contributed by atoms with E-state index in [2.05, 4.69) is 15.3 Å². The van der Waals surface area contributed by atoms with Crippen LogP contribution in [0.2, 0.25) is 0 Å². The number of carbonyl (C=O) groups excluding carboxylic acids is 1. The van der Waals surface area contributed by atoms with Crippen LogP contribution in [-0.4, -0.2) is 15.8 Å². The van der Waals surface area contributed by atoms with E-state index in [1.54, 1.807) is 6.20 Å². The average Bonchev–Trinajstić information content (AvgIpc) is 3.12. The minimum Gasteiger partial charge on any atom is -0.382 e. The van der Waals surface area contributed by atoms with Crippen molar-refractivity contribution in [3.05, 3.63) is 89.7 Å². The Morgan fingerprint density at radius 2 is 1.85 bits per heavy atom. The number of nitrogens with one attached hydrogen (secondary N) is 2. The monoisotopic (exact) mass is 356 g/mol. The zero-order valence-electron chi connectivity index (χ0n) is 14.8.